The minimum atomic E-state index is -0.141. The molecule has 20 heavy (non-hydrogen) atoms. The van der Waals surface area contributed by atoms with Gasteiger partial charge in [0.2, 0.25) is 5.76 Å². The van der Waals surface area contributed by atoms with Crippen molar-refractivity contribution in [2.24, 2.45) is 17.6 Å². The van der Waals surface area contributed by atoms with Crippen molar-refractivity contribution >= 4 is 18.3 Å². The predicted molar refractivity (Wildman–Crippen MR) is 77.8 cm³/mol. The van der Waals surface area contributed by atoms with Crippen LogP contribution in [0, 0.1) is 18.8 Å². The van der Waals surface area contributed by atoms with Crippen LogP contribution in [0.1, 0.15) is 48.4 Å². The van der Waals surface area contributed by atoms with Gasteiger partial charge in [0.1, 0.15) is 0 Å². The molecule has 3 rings (SSSR count). The van der Waals surface area contributed by atoms with E-state index in [9.17, 15) is 4.79 Å². The first-order valence-electron chi connectivity index (χ1n) is 7.13. The fourth-order valence-electron chi connectivity index (χ4n) is 3.72. The number of nitrogens with zero attached hydrogens (tertiary/aromatic N) is 1. The van der Waals surface area contributed by atoms with Crippen molar-refractivity contribution in [1.82, 2.24) is 10.5 Å². The van der Waals surface area contributed by atoms with Gasteiger partial charge in [0.25, 0.3) is 5.91 Å². The van der Waals surface area contributed by atoms with Crippen molar-refractivity contribution in [3.8, 4) is 0 Å². The number of carbonyl (C=O) groups is 1. The van der Waals surface area contributed by atoms with Gasteiger partial charge in [-0.3, -0.25) is 4.79 Å². The highest BCUT2D eigenvalue weighted by atomic mass is 35.5. The normalized spacial score (nSPS) is 32.3. The lowest BCUT2D eigenvalue weighted by Gasteiger charge is -2.45. The quantitative estimate of drug-likeness (QED) is 0.875. The van der Waals surface area contributed by atoms with Crippen LogP contribution < -0.4 is 11.1 Å². The molecule has 0 radical (unpaired) electrons. The molecule has 1 aromatic heterocycles. The SMILES string of the molecule is Cc1cc(C(=O)NC2C3CCCC2CC(N)C3)on1.Cl. The third-order valence-corrected chi connectivity index (χ3v) is 4.53. The topological polar surface area (TPSA) is 81.2 Å². The number of nitrogens with one attached hydrogen (secondary N) is 1. The van der Waals surface area contributed by atoms with Crippen LogP contribution in [0.5, 0.6) is 0 Å². The van der Waals surface area contributed by atoms with Crippen molar-refractivity contribution in [2.45, 2.75) is 51.1 Å². The minimum Gasteiger partial charge on any atom is -0.351 e. The van der Waals surface area contributed by atoms with E-state index in [0.29, 0.717) is 23.6 Å². The lowest BCUT2D eigenvalue weighted by atomic mass is 9.67. The van der Waals surface area contributed by atoms with E-state index in [0.717, 1.165) is 18.5 Å². The third-order valence-electron chi connectivity index (χ3n) is 4.53. The smallest absolute Gasteiger partial charge is 0.290 e. The summed E-state index contributed by atoms with van der Waals surface area (Å²) in [5, 5.41) is 6.90. The second kappa shape index (κ2) is 6.14. The highest BCUT2D eigenvalue weighted by Crippen LogP contribution is 2.39. The molecule has 0 spiro atoms. The Morgan fingerprint density at radius 1 is 1.40 bits per heavy atom. The Balaban J connectivity index is 0.00000147. The number of nitrogens with two attached hydrogens (primary N) is 1. The molecule has 0 aliphatic heterocycles. The van der Waals surface area contributed by atoms with E-state index < -0.39 is 0 Å². The molecule has 112 valence electrons. The molecule has 2 bridgehead atoms. The summed E-state index contributed by atoms with van der Waals surface area (Å²) in [5.74, 6) is 1.22. The predicted octanol–water partition coefficient (Wildman–Crippen LogP) is 2.04. The lowest BCUT2D eigenvalue weighted by molar-refractivity contribution is 0.0725. The van der Waals surface area contributed by atoms with Crippen molar-refractivity contribution in [3.05, 3.63) is 17.5 Å². The van der Waals surface area contributed by atoms with Crippen molar-refractivity contribution in [3.63, 3.8) is 0 Å². The van der Waals surface area contributed by atoms with Crippen LogP contribution in [0.4, 0.5) is 0 Å². The fraction of sp³-hybridized carbons (Fsp3) is 0.714. The van der Waals surface area contributed by atoms with Gasteiger partial charge in [0, 0.05) is 18.2 Å². The summed E-state index contributed by atoms with van der Waals surface area (Å²) in [6, 6.07) is 2.24. The first-order valence-corrected chi connectivity index (χ1v) is 7.13. The maximum Gasteiger partial charge on any atom is 0.290 e. The van der Waals surface area contributed by atoms with E-state index >= 15 is 0 Å². The standard InChI is InChI=1S/C14H21N3O2.ClH/c1-8-5-12(19-17-8)14(18)16-13-9-3-2-4-10(13)7-11(15)6-9;/h5,9-11,13H,2-4,6-7,15H2,1H3,(H,16,18);1H. The molecule has 1 amide bonds. The molecule has 2 aliphatic rings. The zero-order chi connectivity index (χ0) is 13.4. The van der Waals surface area contributed by atoms with Gasteiger partial charge in [-0.25, -0.2) is 0 Å². The molecule has 2 atom stereocenters. The number of carbonyl (C=O) groups excluding carboxylic acids is 1. The van der Waals surface area contributed by atoms with Crippen molar-refractivity contribution in [2.75, 3.05) is 0 Å². The molecule has 0 aromatic carbocycles. The second-order valence-corrected chi connectivity index (χ2v) is 6.01. The summed E-state index contributed by atoms with van der Waals surface area (Å²) >= 11 is 0. The van der Waals surface area contributed by atoms with Crippen molar-refractivity contribution < 1.29 is 9.32 Å². The molecule has 5 nitrogen and oxygen atoms in total. The van der Waals surface area contributed by atoms with Crippen LogP contribution in [-0.2, 0) is 0 Å². The summed E-state index contributed by atoms with van der Waals surface area (Å²) in [4.78, 5) is 12.2. The van der Waals surface area contributed by atoms with E-state index in [1.165, 1.54) is 19.3 Å². The molecular formula is C14H22ClN3O2. The largest absolute Gasteiger partial charge is 0.351 e. The fourth-order valence-corrected chi connectivity index (χ4v) is 3.72. The molecule has 1 heterocycles. The van der Waals surface area contributed by atoms with E-state index in [1.807, 2.05) is 6.92 Å². The highest BCUT2D eigenvalue weighted by Gasteiger charge is 2.40. The van der Waals surface area contributed by atoms with Gasteiger partial charge >= 0.3 is 0 Å². The van der Waals surface area contributed by atoms with Crippen LogP contribution in [0.15, 0.2) is 10.6 Å². The Labute approximate surface area is 125 Å². The summed E-state index contributed by atoms with van der Waals surface area (Å²) in [5.41, 5.74) is 6.82. The van der Waals surface area contributed by atoms with E-state index in [2.05, 4.69) is 10.5 Å². The first kappa shape index (κ1) is 15.3. The Bertz CT molecular complexity index is 463. The first-order chi connectivity index (χ1) is 9.13. The maximum absolute atomic E-state index is 12.2. The number of halogens is 1. The minimum absolute atomic E-state index is 0. The monoisotopic (exact) mass is 299 g/mol. The van der Waals surface area contributed by atoms with Crippen LogP contribution in [0.25, 0.3) is 0 Å². The number of fused-ring (bicyclic) bond motifs is 2. The Morgan fingerprint density at radius 2 is 2.05 bits per heavy atom. The maximum atomic E-state index is 12.2. The van der Waals surface area contributed by atoms with E-state index in [-0.39, 0.29) is 24.4 Å². The number of hydrogen-bond acceptors (Lipinski definition) is 4. The number of rotatable bonds is 2. The van der Waals surface area contributed by atoms with Gasteiger partial charge in [-0.2, -0.15) is 0 Å². The zero-order valence-electron chi connectivity index (χ0n) is 11.7. The van der Waals surface area contributed by atoms with Gasteiger partial charge in [0.05, 0.1) is 5.69 Å². The highest BCUT2D eigenvalue weighted by molar-refractivity contribution is 5.91. The van der Waals surface area contributed by atoms with E-state index in [1.54, 1.807) is 6.07 Å². The summed E-state index contributed by atoms with van der Waals surface area (Å²) in [7, 11) is 0. The van der Waals surface area contributed by atoms with Gasteiger partial charge in [-0.05, 0) is 44.4 Å². The van der Waals surface area contributed by atoms with E-state index in [4.69, 9.17) is 10.3 Å². The zero-order valence-corrected chi connectivity index (χ0v) is 12.5. The molecule has 1 aromatic rings. The number of aryl methyl sites for hydroxylation is 1. The summed E-state index contributed by atoms with van der Waals surface area (Å²) in [6.45, 7) is 1.81. The molecule has 2 unspecified atom stereocenters. The van der Waals surface area contributed by atoms with Gasteiger partial charge in [0.15, 0.2) is 0 Å². The van der Waals surface area contributed by atoms with Gasteiger partial charge < -0.3 is 15.6 Å². The van der Waals surface area contributed by atoms with Crippen molar-refractivity contribution in [1.29, 1.82) is 0 Å². The average molecular weight is 300 g/mol. The Morgan fingerprint density at radius 3 is 2.60 bits per heavy atom. The number of aromatic nitrogens is 1. The Hall–Kier alpha value is -1.07. The van der Waals surface area contributed by atoms with Gasteiger partial charge in [-0.1, -0.05) is 11.6 Å². The van der Waals surface area contributed by atoms with Crippen LogP contribution in [-0.4, -0.2) is 23.1 Å². The molecule has 2 fully saturated rings. The molecule has 0 saturated heterocycles. The molecule has 2 saturated carbocycles. The van der Waals surface area contributed by atoms with Crippen LogP contribution in [0.3, 0.4) is 0 Å². The third kappa shape index (κ3) is 2.99. The number of amides is 1. The van der Waals surface area contributed by atoms with Crippen LogP contribution >= 0.6 is 12.4 Å². The molecule has 2 aliphatic carbocycles. The second-order valence-electron chi connectivity index (χ2n) is 6.01. The van der Waals surface area contributed by atoms with Crippen LogP contribution in [0.2, 0.25) is 0 Å². The lowest BCUT2D eigenvalue weighted by Crippen LogP contribution is -2.53. The average Bonchev–Trinajstić information content (AvgIpc) is 2.77. The molecule has 3 N–H and O–H groups in total. The van der Waals surface area contributed by atoms with Gasteiger partial charge in [-0.15, -0.1) is 12.4 Å². The number of hydrogen-bond donors (Lipinski definition) is 2. The summed E-state index contributed by atoms with van der Waals surface area (Å²) in [6.07, 6.45) is 5.65. The molecular weight excluding hydrogens is 278 g/mol. The Kier molecular flexibility index (Phi) is 4.70. The molecule has 6 heteroatoms. The summed E-state index contributed by atoms with van der Waals surface area (Å²) < 4.78 is 5.02.